The molecule has 0 aliphatic heterocycles. The summed E-state index contributed by atoms with van der Waals surface area (Å²) in [6.45, 7) is 8.00. The van der Waals surface area contributed by atoms with E-state index < -0.39 is 34.6 Å². The van der Waals surface area contributed by atoms with E-state index in [4.69, 9.17) is 0 Å². The van der Waals surface area contributed by atoms with Crippen LogP contribution in [-0.2, 0) is 12.4 Å². The van der Waals surface area contributed by atoms with E-state index in [1.807, 2.05) is 149 Å². The van der Waals surface area contributed by atoms with Crippen LogP contribution in [0, 0.1) is 27.7 Å². The van der Waals surface area contributed by atoms with E-state index in [9.17, 15) is 26.3 Å². The van der Waals surface area contributed by atoms with Gasteiger partial charge in [0.2, 0.25) is 0 Å². The van der Waals surface area contributed by atoms with Gasteiger partial charge in [0.05, 0.1) is 11.1 Å². The molecule has 2 nitrogen and oxygen atoms in total. The van der Waals surface area contributed by atoms with Crippen LogP contribution in [0.15, 0.2) is 158 Å². The Balaban J connectivity index is 1.18. The molecule has 0 aromatic heterocycles. The maximum absolute atomic E-state index is 14.6. The van der Waals surface area contributed by atoms with Crippen LogP contribution in [0.2, 0.25) is 0 Å². The minimum absolute atomic E-state index is 0.518. The number of hydrogen-bond acceptors (Lipinski definition) is 2. The molecule has 0 saturated heterocycles. The standard InChI is InChI=1S/C52H42F6N2/c1-35-5-21-43(22-6-35)59(44-23-7-36(2)8-24-44)47-29-15-39(16-30-47)13-19-41-33-50(52(56,57)58)42(34-49(41)51(53,54)55)20-14-40-17-31-48(32-18-40)60(45-25-9-37(3)10-26-45)46-27-11-38(4)12-28-46/h5-34H,1-4H3. The summed E-state index contributed by atoms with van der Waals surface area (Å²) in [6.07, 6.45) is -4.88. The molecule has 0 atom stereocenters. The molecule has 0 amide bonds. The van der Waals surface area contributed by atoms with Gasteiger partial charge < -0.3 is 9.80 Å². The monoisotopic (exact) mass is 808 g/mol. The van der Waals surface area contributed by atoms with Gasteiger partial charge in [-0.1, -0.05) is 119 Å². The number of anilines is 6. The van der Waals surface area contributed by atoms with Crippen LogP contribution in [-0.4, -0.2) is 0 Å². The van der Waals surface area contributed by atoms with Crippen molar-refractivity contribution in [1.82, 2.24) is 0 Å². The van der Waals surface area contributed by atoms with Crippen molar-refractivity contribution in [1.29, 1.82) is 0 Å². The fraction of sp³-hybridized carbons (Fsp3) is 0.115. The second-order valence-corrected chi connectivity index (χ2v) is 14.9. The molecule has 0 aliphatic rings. The summed E-state index contributed by atoms with van der Waals surface area (Å²) in [7, 11) is 0. The Bertz CT molecular complexity index is 2330. The van der Waals surface area contributed by atoms with Crippen molar-refractivity contribution >= 4 is 58.4 Å². The SMILES string of the molecule is Cc1ccc(N(c2ccc(C)cc2)c2ccc(C=Cc3cc(C(F)(F)F)c(C=Cc4ccc(N(c5ccc(C)cc5)c5ccc(C)cc5)cc4)cc3C(F)(F)F)cc2)cc1. The molecule has 0 bridgehead atoms. The molecule has 8 heteroatoms. The van der Waals surface area contributed by atoms with Crippen molar-refractivity contribution in [2.24, 2.45) is 0 Å². The molecule has 60 heavy (non-hydrogen) atoms. The summed E-state index contributed by atoms with van der Waals surface area (Å²) < 4.78 is 87.3. The Morgan fingerprint density at radius 2 is 0.533 bits per heavy atom. The lowest BCUT2D eigenvalue weighted by molar-refractivity contribution is -0.141. The van der Waals surface area contributed by atoms with E-state index >= 15 is 0 Å². The van der Waals surface area contributed by atoms with Crippen LogP contribution < -0.4 is 9.80 Å². The largest absolute Gasteiger partial charge is 0.417 e. The third-order valence-corrected chi connectivity index (χ3v) is 10.2. The Labute approximate surface area is 347 Å². The molecule has 7 aromatic rings. The van der Waals surface area contributed by atoms with Crippen LogP contribution in [0.3, 0.4) is 0 Å². The van der Waals surface area contributed by atoms with Crippen LogP contribution in [0.4, 0.5) is 60.5 Å². The average Bonchev–Trinajstić information content (AvgIpc) is 3.22. The molecule has 0 saturated carbocycles. The number of alkyl halides is 6. The molecule has 0 N–H and O–H groups in total. The van der Waals surface area contributed by atoms with E-state index in [0.29, 0.717) is 23.3 Å². The summed E-state index contributed by atoms with van der Waals surface area (Å²) in [5.41, 5.74) is 7.18. The summed E-state index contributed by atoms with van der Waals surface area (Å²) in [5.74, 6) is 0. The van der Waals surface area contributed by atoms with Gasteiger partial charge in [0, 0.05) is 34.1 Å². The molecule has 0 unspecified atom stereocenters. The second-order valence-electron chi connectivity index (χ2n) is 14.9. The van der Waals surface area contributed by atoms with Gasteiger partial charge in [-0.05, 0) is 135 Å². The maximum atomic E-state index is 14.6. The highest BCUT2D eigenvalue weighted by atomic mass is 19.4. The maximum Gasteiger partial charge on any atom is 0.417 e. The number of aryl methyl sites for hydroxylation is 4. The van der Waals surface area contributed by atoms with Gasteiger partial charge >= 0.3 is 12.4 Å². The quantitative estimate of drug-likeness (QED) is 0.100. The highest BCUT2D eigenvalue weighted by Crippen LogP contribution is 2.41. The predicted octanol–water partition coefficient (Wildman–Crippen LogP) is 16.2. The zero-order valence-electron chi connectivity index (χ0n) is 33.5. The molecule has 7 rings (SSSR count). The minimum Gasteiger partial charge on any atom is -0.311 e. The summed E-state index contributed by atoms with van der Waals surface area (Å²) in [4.78, 5) is 4.10. The van der Waals surface area contributed by atoms with Gasteiger partial charge in [0.25, 0.3) is 0 Å². The number of hydrogen-bond donors (Lipinski definition) is 0. The Hall–Kier alpha value is -6.80. The van der Waals surface area contributed by atoms with Crippen LogP contribution >= 0.6 is 0 Å². The number of rotatable bonds is 10. The first-order chi connectivity index (χ1) is 28.6. The normalized spacial score (nSPS) is 12.0. The molecule has 0 aliphatic carbocycles. The fourth-order valence-corrected chi connectivity index (χ4v) is 6.91. The average molecular weight is 809 g/mol. The van der Waals surface area contributed by atoms with E-state index in [2.05, 4.69) is 9.80 Å². The first kappa shape index (κ1) is 41.4. The topological polar surface area (TPSA) is 6.48 Å². The fourth-order valence-electron chi connectivity index (χ4n) is 6.91. The predicted molar refractivity (Wildman–Crippen MR) is 235 cm³/mol. The molecule has 302 valence electrons. The van der Waals surface area contributed by atoms with Crippen molar-refractivity contribution in [3.05, 3.63) is 213 Å². The summed E-state index contributed by atoms with van der Waals surface area (Å²) >= 11 is 0. The second kappa shape index (κ2) is 17.2. The summed E-state index contributed by atoms with van der Waals surface area (Å²) in [6, 6.07) is 47.4. The van der Waals surface area contributed by atoms with Crippen LogP contribution in [0.25, 0.3) is 24.3 Å². The third-order valence-electron chi connectivity index (χ3n) is 10.2. The zero-order chi connectivity index (χ0) is 42.6. The van der Waals surface area contributed by atoms with Gasteiger partial charge in [0.1, 0.15) is 0 Å². The molecule has 0 radical (unpaired) electrons. The molecule has 0 spiro atoms. The lowest BCUT2D eigenvalue weighted by Gasteiger charge is -2.26. The van der Waals surface area contributed by atoms with Crippen LogP contribution in [0.5, 0.6) is 0 Å². The molecule has 0 heterocycles. The Morgan fingerprint density at radius 1 is 0.317 bits per heavy atom. The Morgan fingerprint density at radius 3 is 0.750 bits per heavy atom. The van der Waals surface area contributed by atoms with E-state index in [1.54, 1.807) is 24.3 Å². The third kappa shape index (κ3) is 9.72. The molecule has 7 aromatic carbocycles. The minimum atomic E-state index is -4.92. The van der Waals surface area contributed by atoms with Gasteiger partial charge in [-0.25, -0.2) is 0 Å². The zero-order valence-corrected chi connectivity index (χ0v) is 33.5. The highest BCUT2D eigenvalue weighted by molar-refractivity contribution is 5.81. The number of halogens is 6. The summed E-state index contributed by atoms with van der Waals surface area (Å²) in [5, 5.41) is 0. The van der Waals surface area contributed by atoms with Crippen molar-refractivity contribution in [3.63, 3.8) is 0 Å². The van der Waals surface area contributed by atoms with E-state index in [0.717, 1.165) is 68.5 Å². The van der Waals surface area contributed by atoms with Gasteiger partial charge in [-0.15, -0.1) is 0 Å². The number of benzene rings is 7. The van der Waals surface area contributed by atoms with E-state index in [-0.39, 0.29) is 0 Å². The van der Waals surface area contributed by atoms with Gasteiger partial charge in [-0.3, -0.25) is 0 Å². The smallest absolute Gasteiger partial charge is 0.311 e. The van der Waals surface area contributed by atoms with E-state index in [1.165, 1.54) is 12.2 Å². The van der Waals surface area contributed by atoms with Gasteiger partial charge in [-0.2, -0.15) is 26.3 Å². The van der Waals surface area contributed by atoms with Crippen LogP contribution in [0.1, 0.15) is 55.6 Å². The molecular formula is C52H42F6N2. The Kier molecular flexibility index (Phi) is 11.9. The van der Waals surface area contributed by atoms with Crippen molar-refractivity contribution in [3.8, 4) is 0 Å². The lowest BCUT2D eigenvalue weighted by Crippen LogP contribution is -2.13. The van der Waals surface area contributed by atoms with Crippen molar-refractivity contribution in [2.45, 2.75) is 40.0 Å². The number of nitrogens with zero attached hydrogens (tertiary/aromatic N) is 2. The molecular weight excluding hydrogens is 767 g/mol. The van der Waals surface area contributed by atoms with Crippen molar-refractivity contribution < 1.29 is 26.3 Å². The van der Waals surface area contributed by atoms with Gasteiger partial charge in [0.15, 0.2) is 0 Å². The first-order valence-electron chi connectivity index (χ1n) is 19.4. The van der Waals surface area contributed by atoms with Crippen molar-refractivity contribution in [2.75, 3.05) is 9.80 Å². The lowest BCUT2D eigenvalue weighted by atomic mass is 9.95. The first-order valence-corrected chi connectivity index (χ1v) is 19.4. The highest BCUT2D eigenvalue weighted by Gasteiger charge is 2.38. The molecule has 0 fully saturated rings.